The van der Waals surface area contributed by atoms with Crippen molar-refractivity contribution < 1.29 is 19.4 Å². The zero-order valence-electron chi connectivity index (χ0n) is 10.1. The van der Waals surface area contributed by atoms with Gasteiger partial charge in [-0.1, -0.05) is 13.8 Å². The maximum atomic E-state index is 4.50. The van der Waals surface area contributed by atoms with Crippen molar-refractivity contribution in [3.8, 4) is 0 Å². The predicted molar refractivity (Wildman–Crippen MR) is 65.9 cm³/mol. The molecule has 0 saturated heterocycles. The molecule has 0 atom stereocenters. The first-order chi connectivity index (χ1) is 7.43. The summed E-state index contributed by atoms with van der Waals surface area (Å²) >= 11 is 1.46. The molecule has 15 heavy (non-hydrogen) atoms. The molecule has 0 bridgehead atoms. The molecule has 0 aromatic carbocycles. The third-order valence-electron chi connectivity index (χ3n) is 1.71. The molecular formula is C12H23N2W-. The summed E-state index contributed by atoms with van der Waals surface area (Å²) in [5, 5.41) is 0. The summed E-state index contributed by atoms with van der Waals surface area (Å²) in [5.74, 6) is 0. The van der Waals surface area contributed by atoms with E-state index in [1.54, 1.807) is 0 Å². The monoisotopic (exact) mass is 379 g/mol. The van der Waals surface area contributed by atoms with Gasteiger partial charge in [-0.15, -0.1) is 0 Å². The molecule has 0 saturated carbocycles. The van der Waals surface area contributed by atoms with Gasteiger partial charge in [0.05, 0.1) is 0 Å². The van der Waals surface area contributed by atoms with Gasteiger partial charge < -0.3 is 5.73 Å². The van der Waals surface area contributed by atoms with Gasteiger partial charge in [0.2, 0.25) is 0 Å². The average Bonchev–Trinajstić information content (AvgIpc) is 2.60. The van der Waals surface area contributed by atoms with Crippen molar-refractivity contribution in [1.29, 1.82) is 0 Å². The Bertz CT molecular complexity index is 186. The summed E-state index contributed by atoms with van der Waals surface area (Å²) in [5.41, 5.74) is 5.67. The van der Waals surface area contributed by atoms with Crippen molar-refractivity contribution in [3.63, 3.8) is 0 Å². The summed E-state index contributed by atoms with van der Waals surface area (Å²) in [6, 6.07) is 0. The van der Waals surface area contributed by atoms with E-state index in [1.807, 2.05) is 24.5 Å². The summed E-state index contributed by atoms with van der Waals surface area (Å²) in [6.07, 6.45) is 11.4. The molecule has 0 spiro atoms. The molecule has 1 rings (SSSR count). The van der Waals surface area contributed by atoms with E-state index in [1.165, 1.54) is 51.4 Å². The second-order valence-corrected chi connectivity index (χ2v) is 3.58. The van der Waals surface area contributed by atoms with E-state index in [0.29, 0.717) is 0 Å². The van der Waals surface area contributed by atoms with E-state index in [-0.39, 0.29) is 0 Å². The zero-order chi connectivity index (χ0) is 11.9. The SMILES string of the molecule is CC.CN.[W]=[CH]C=NC1=[C-]CCCCC1. The minimum atomic E-state index is 1.10. The number of hydrogen-bond donors (Lipinski definition) is 1. The van der Waals surface area contributed by atoms with Crippen molar-refractivity contribution in [3.05, 3.63) is 11.8 Å². The second-order valence-electron chi connectivity index (χ2n) is 2.60. The van der Waals surface area contributed by atoms with Gasteiger partial charge in [-0.05, 0) is 7.05 Å². The molecule has 0 aromatic heterocycles. The average molecular weight is 379 g/mol. The quantitative estimate of drug-likeness (QED) is 0.582. The number of nitrogens with two attached hydrogens (primary N) is 1. The first kappa shape index (κ1) is 17.3. The number of nitrogens with zero attached hydrogens (tertiary/aromatic N) is 1. The first-order valence-electron chi connectivity index (χ1n) is 5.59. The van der Waals surface area contributed by atoms with Crippen LogP contribution in [0.25, 0.3) is 0 Å². The van der Waals surface area contributed by atoms with Crippen LogP contribution >= 0.6 is 0 Å². The Balaban J connectivity index is 0. The summed E-state index contributed by atoms with van der Waals surface area (Å²) in [7, 11) is 1.50. The van der Waals surface area contributed by atoms with Gasteiger partial charge >= 0.3 is 78.8 Å². The third kappa shape index (κ3) is 11.9. The molecule has 0 fully saturated rings. The molecule has 0 aromatic rings. The van der Waals surface area contributed by atoms with Crippen molar-refractivity contribution in [2.45, 2.75) is 46.0 Å². The first-order valence-corrected chi connectivity index (χ1v) is 7.28. The van der Waals surface area contributed by atoms with Crippen LogP contribution in [0, 0.1) is 6.08 Å². The van der Waals surface area contributed by atoms with Crippen LogP contribution in [-0.4, -0.2) is 17.7 Å². The Labute approximate surface area is 105 Å². The van der Waals surface area contributed by atoms with E-state index in [9.17, 15) is 0 Å². The van der Waals surface area contributed by atoms with Crippen LogP contribution in [0.3, 0.4) is 0 Å². The zero-order valence-corrected chi connectivity index (χ0v) is 13.1. The van der Waals surface area contributed by atoms with Crippen molar-refractivity contribution >= 4 is 10.6 Å². The molecule has 2 N–H and O–H groups in total. The van der Waals surface area contributed by atoms with E-state index < -0.39 is 0 Å². The molecule has 3 heteroatoms. The van der Waals surface area contributed by atoms with E-state index in [2.05, 4.69) is 16.8 Å². The fourth-order valence-corrected chi connectivity index (χ4v) is 1.36. The Morgan fingerprint density at radius 1 is 1.27 bits per heavy atom. The Morgan fingerprint density at radius 3 is 2.53 bits per heavy atom. The molecule has 0 amide bonds. The Kier molecular flexibility index (Phi) is 18.9. The summed E-state index contributed by atoms with van der Waals surface area (Å²) in [6.45, 7) is 4.00. The van der Waals surface area contributed by atoms with Crippen LogP contribution in [0.15, 0.2) is 10.7 Å². The van der Waals surface area contributed by atoms with Crippen molar-refractivity contribution in [2.24, 2.45) is 10.7 Å². The van der Waals surface area contributed by atoms with Crippen LogP contribution < -0.4 is 5.73 Å². The van der Waals surface area contributed by atoms with Gasteiger partial charge in [-0.3, -0.25) is 0 Å². The van der Waals surface area contributed by atoms with Gasteiger partial charge in [0.25, 0.3) is 0 Å². The van der Waals surface area contributed by atoms with Crippen molar-refractivity contribution in [2.75, 3.05) is 7.05 Å². The molecule has 2 nitrogen and oxygen atoms in total. The number of aliphatic imine (C=N–C) groups is 1. The van der Waals surface area contributed by atoms with Gasteiger partial charge in [0.1, 0.15) is 0 Å². The van der Waals surface area contributed by atoms with Gasteiger partial charge in [-0.2, -0.15) is 0 Å². The molecule has 88 valence electrons. The van der Waals surface area contributed by atoms with Crippen LogP contribution in [-0.2, 0) is 19.4 Å². The minimum absolute atomic E-state index is 1.10. The fraction of sp³-hybridized carbons (Fsp3) is 0.667. The van der Waals surface area contributed by atoms with E-state index in [4.69, 9.17) is 0 Å². The molecule has 0 aliphatic heterocycles. The van der Waals surface area contributed by atoms with Gasteiger partial charge in [0, 0.05) is 0 Å². The van der Waals surface area contributed by atoms with Gasteiger partial charge in [-0.25, -0.2) is 0 Å². The molecule has 0 radical (unpaired) electrons. The van der Waals surface area contributed by atoms with Crippen LogP contribution in [0.2, 0.25) is 0 Å². The Morgan fingerprint density at radius 2 is 1.93 bits per heavy atom. The van der Waals surface area contributed by atoms with Crippen molar-refractivity contribution in [1.82, 2.24) is 0 Å². The van der Waals surface area contributed by atoms with Crippen LogP contribution in [0.5, 0.6) is 0 Å². The second kappa shape index (κ2) is 16.4. The topological polar surface area (TPSA) is 38.4 Å². The molecule has 0 heterocycles. The Hall–Kier alpha value is -0.0717. The predicted octanol–water partition coefficient (Wildman–Crippen LogP) is 2.66. The summed E-state index contributed by atoms with van der Waals surface area (Å²) in [4.78, 5) is 4.31. The van der Waals surface area contributed by atoms with Gasteiger partial charge in [0.15, 0.2) is 0 Å². The fourth-order valence-electron chi connectivity index (χ4n) is 1.15. The van der Waals surface area contributed by atoms with E-state index in [0.717, 1.165) is 12.8 Å². The van der Waals surface area contributed by atoms with E-state index >= 15 is 0 Å². The molecule has 1 aliphatic carbocycles. The standard InChI is InChI=1S/C9H12N.C2H6.CH5N.W/c1-2-10-9-7-5-3-4-6-8-9;2*1-2;/h1-2H,3-7H2;1-2H3;2H2,1H3;/q-1;;;. The number of allylic oxidation sites excluding steroid dienone is 2. The normalized spacial score (nSPS) is 15.1. The van der Waals surface area contributed by atoms with Crippen LogP contribution in [0.4, 0.5) is 0 Å². The number of hydrogen-bond acceptors (Lipinski definition) is 2. The maximum absolute atomic E-state index is 4.50. The van der Waals surface area contributed by atoms with Crippen LogP contribution in [0.1, 0.15) is 46.0 Å². The summed E-state index contributed by atoms with van der Waals surface area (Å²) < 4.78 is 2.04. The number of rotatable bonds is 2. The molecular weight excluding hydrogens is 356 g/mol. The third-order valence-corrected chi connectivity index (χ3v) is 2.15. The molecule has 1 aliphatic rings. The molecule has 0 unspecified atom stereocenters.